The first-order valence-corrected chi connectivity index (χ1v) is 3.22. The van der Waals surface area contributed by atoms with Crippen LogP contribution in [0.25, 0.3) is 0 Å². The molecule has 0 saturated heterocycles. The van der Waals surface area contributed by atoms with Crippen LogP contribution < -0.4 is 0 Å². The number of rotatable bonds is 2. The predicted octanol–water partition coefficient (Wildman–Crippen LogP) is 1.17. The number of aromatic nitrogens is 1. The Morgan fingerprint density at radius 3 is 3.00 bits per heavy atom. The molecule has 0 spiro atoms. The molecule has 1 aromatic rings. The molecule has 0 unspecified atom stereocenters. The molecule has 0 fully saturated rings. The van der Waals surface area contributed by atoms with Crippen LogP contribution in [0.3, 0.4) is 0 Å². The Hall–Kier alpha value is -1.45. The van der Waals surface area contributed by atoms with Gasteiger partial charge in [0.15, 0.2) is 0 Å². The molecule has 0 amide bonds. The van der Waals surface area contributed by atoms with Crippen molar-refractivity contribution in [3.8, 4) is 0 Å². The zero-order valence-electron chi connectivity index (χ0n) is 6.15. The van der Waals surface area contributed by atoms with Crippen molar-refractivity contribution >= 4 is 0 Å². The van der Waals surface area contributed by atoms with Crippen molar-refractivity contribution < 1.29 is 4.92 Å². The average Bonchev–Trinajstić information content (AvgIpc) is 1.85. The molecule has 0 atom stereocenters. The predicted molar refractivity (Wildman–Crippen MR) is 39.7 cm³/mol. The minimum absolute atomic E-state index is 0.122. The van der Waals surface area contributed by atoms with Crippen molar-refractivity contribution in [1.29, 1.82) is 0 Å². The van der Waals surface area contributed by atoms with E-state index >= 15 is 0 Å². The Bertz CT molecular complexity index is 273. The smallest absolute Gasteiger partial charge is 0.229 e. The monoisotopic (exact) mass is 152 g/mol. The largest absolute Gasteiger partial charge is 0.264 e. The van der Waals surface area contributed by atoms with Crippen molar-refractivity contribution in [2.24, 2.45) is 0 Å². The van der Waals surface area contributed by atoms with Gasteiger partial charge in [0.1, 0.15) is 0 Å². The summed E-state index contributed by atoms with van der Waals surface area (Å²) in [5.41, 5.74) is 1.51. The van der Waals surface area contributed by atoms with E-state index in [0.29, 0.717) is 5.56 Å². The molecule has 0 saturated carbocycles. The Morgan fingerprint density at radius 2 is 2.45 bits per heavy atom. The van der Waals surface area contributed by atoms with Gasteiger partial charge in [-0.1, -0.05) is 0 Å². The summed E-state index contributed by atoms with van der Waals surface area (Å²) < 4.78 is 0. The molecular formula is C7H8N2O2. The van der Waals surface area contributed by atoms with Gasteiger partial charge in [0.2, 0.25) is 6.54 Å². The molecule has 0 bridgehead atoms. The van der Waals surface area contributed by atoms with E-state index in [-0.39, 0.29) is 11.5 Å². The summed E-state index contributed by atoms with van der Waals surface area (Å²) in [5, 5.41) is 10.1. The first-order chi connectivity index (χ1) is 5.18. The zero-order valence-corrected chi connectivity index (χ0v) is 6.15. The Kier molecular flexibility index (Phi) is 2.15. The SMILES string of the molecule is Cc1cc(C[N+](=O)[O-])ccn1. The van der Waals surface area contributed by atoms with Gasteiger partial charge in [0, 0.05) is 22.4 Å². The van der Waals surface area contributed by atoms with Gasteiger partial charge >= 0.3 is 0 Å². The first-order valence-electron chi connectivity index (χ1n) is 3.22. The molecule has 1 heterocycles. The maximum atomic E-state index is 10.1. The number of nitro groups is 1. The molecule has 0 aromatic carbocycles. The van der Waals surface area contributed by atoms with E-state index in [9.17, 15) is 10.1 Å². The van der Waals surface area contributed by atoms with Crippen molar-refractivity contribution in [2.45, 2.75) is 13.5 Å². The second-order valence-corrected chi connectivity index (χ2v) is 2.30. The molecule has 0 aliphatic rings. The topological polar surface area (TPSA) is 56.0 Å². The maximum Gasteiger partial charge on any atom is 0.229 e. The van der Waals surface area contributed by atoms with Gasteiger partial charge in [-0.15, -0.1) is 0 Å². The van der Waals surface area contributed by atoms with Crippen LogP contribution in [0.4, 0.5) is 0 Å². The number of aryl methyl sites for hydroxylation is 1. The molecule has 11 heavy (non-hydrogen) atoms. The minimum atomic E-state index is -0.352. The highest BCUT2D eigenvalue weighted by molar-refractivity contribution is 5.13. The molecule has 0 N–H and O–H groups in total. The molecule has 0 aliphatic carbocycles. The van der Waals surface area contributed by atoms with Crippen LogP contribution in [0.1, 0.15) is 11.3 Å². The highest BCUT2D eigenvalue weighted by atomic mass is 16.6. The summed E-state index contributed by atoms with van der Waals surface area (Å²) in [6.07, 6.45) is 1.58. The first kappa shape index (κ1) is 7.65. The van der Waals surface area contributed by atoms with Crippen molar-refractivity contribution in [1.82, 2.24) is 4.98 Å². The van der Waals surface area contributed by atoms with Crippen LogP contribution in [-0.2, 0) is 6.54 Å². The van der Waals surface area contributed by atoms with E-state index in [2.05, 4.69) is 4.98 Å². The molecule has 4 heteroatoms. The van der Waals surface area contributed by atoms with E-state index in [4.69, 9.17) is 0 Å². The van der Waals surface area contributed by atoms with E-state index in [1.54, 1.807) is 18.3 Å². The molecular weight excluding hydrogens is 144 g/mol. The van der Waals surface area contributed by atoms with Gasteiger partial charge in [0.25, 0.3) is 0 Å². The average molecular weight is 152 g/mol. The van der Waals surface area contributed by atoms with Gasteiger partial charge in [-0.3, -0.25) is 15.1 Å². The van der Waals surface area contributed by atoms with E-state index in [0.717, 1.165) is 5.69 Å². The van der Waals surface area contributed by atoms with Crippen LogP contribution in [0.2, 0.25) is 0 Å². The third kappa shape index (κ3) is 2.33. The highest BCUT2D eigenvalue weighted by Gasteiger charge is 1.99. The summed E-state index contributed by atoms with van der Waals surface area (Å²) in [6.45, 7) is 1.69. The summed E-state index contributed by atoms with van der Waals surface area (Å²) in [7, 11) is 0. The third-order valence-electron chi connectivity index (χ3n) is 1.27. The molecule has 1 aromatic heterocycles. The van der Waals surface area contributed by atoms with Gasteiger partial charge in [0.05, 0.1) is 0 Å². The van der Waals surface area contributed by atoms with E-state index in [1.807, 2.05) is 6.92 Å². The Balaban J connectivity index is 2.79. The molecule has 58 valence electrons. The third-order valence-corrected chi connectivity index (χ3v) is 1.27. The van der Waals surface area contributed by atoms with Gasteiger partial charge < -0.3 is 0 Å². The molecule has 0 radical (unpaired) electrons. The van der Waals surface area contributed by atoms with E-state index < -0.39 is 0 Å². The lowest BCUT2D eigenvalue weighted by molar-refractivity contribution is -0.496. The lowest BCUT2D eigenvalue weighted by atomic mass is 10.2. The van der Waals surface area contributed by atoms with Gasteiger partial charge in [-0.05, 0) is 19.1 Å². The van der Waals surface area contributed by atoms with Crippen LogP contribution >= 0.6 is 0 Å². The Labute approximate surface area is 64.0 Å². The fourth-order valence-corrected chi connectivity index (χ4v) is 0.852. The number of nitrogens with zero attached hydrogens (tertiary/aromatic N) is 2. The summed E-state index contributed by atoms with van der Waals surface area (Å²) >= 11 is 0. The summed E-state index contributed by atoms with van der Waals surface area (Å²) in [6, 6.07) is 3.36. The molecule has 1 rings (SSSR count). The van der Waals surface area contributed by atoms with E-state index in [1.165, 1.54) is 0 Å². The van der Waals surface area contributed by atoms with Crippen molar-refractivity contribution in [3.63, 3.8) is 0 Å². The van der Waals surface area contributed by atoms with Gasteiger partial charge in [-0.2, -0.15) is 0 Å². The maximum absolute atomic E-state index is 10.1. The fraction of sp³-hybridized carbons (Fsp3) is 0.286. The Morgan fingerprint density at radius 1 is 1.73 bits per heavy atom. The van der Waals surface area contributed by atoms with Gasteiger partial charge in [-0.25, -0.2) is 0 Å². The number of pyridine rings is 1. The lowest BCUT2D eigenvalue weighted by Gasteiger charge is -1.94. The van der Waals surface area contributed by atoms with Crippen LogP contribution in [-0.4, -0.2) is 9.91 Å². The zero-order chi connectivity index (χ0) is 8.27. The normalized spacial score (nSPS) is 9.55. The highest BCUT2D eigenvalue weighted by Crippen LogP contribution is 2.01. The number of hydrogen-bond donors (Lipinski definition) is 0. The van der Waals surface area contributed by atoms with Crippen LogP contribution in [0, 0.1) is 17.0 Å². The summed E-state index contributed by atoms with van der Waals surface area (Å²) in [4.78, 5) is 13.6. The molecule has 4 nitrogen and oxygen atoms in total. The summed E-state index contributed by atoms with van der Waals surface area (Å²) in [5.74, 6) is 0. The quantitative estimate of drug-likeness (QED) is 0.472. The second-order valence-electron chi connectivity index (χ2n) is 2.30. The standard InChI is InChI=1S/C7H8N2O2/c1-6-4-7(2-3-8-6)5-9(10)11/h2-4H,5H2,1H3. The van der Waals surface area contributed by atoms with Crippen molar-refractivity contribution in [3.05, 3.63) is 39.7 Å². The minimum Gasteiger partial charge on any atom is -0.264 e. The second kappa shape index (κ2) is 3.09. The van der Waals surface area contributed by atoms with Crippen LogP contribution in [0.15, 0.2) is 18.3 Å². The molecule has 0 aliphatic heterocycles. The lowest BCUT2D eigenvalue weighted by Crippen LogP contribution is -1.98. The number of hydrogen-bond acceptors (Lipinski definition) is 3. The van der Waals surface area contributed by atoms with Crippen molar-refractivity contribution in [2.75, 3.05) is 0 Å². The van der Waals surface area contributed by atoms with Crippen LogP contribution in [0.5, 0.6) is 0 Å². The fourth-order valence-electron chi connectivity index (χ4n) is 0.852.